The highest BCUT2D eigenvalue weighted by molar-refractivity contribution is 6.51. The third kappa shape index (κ3) is 1.18. The molecule has 0 saturated heterocycles. The van der Waals surface area contributed by atoms with Crippen LogP contribution in [0.1, 0.15) is 27.7 Å². The molecule has 1 fully saturated rings. The van der Waals surface area contributed by atoms with Gasteiger partial charge >= 0.3 is 0 Å². The van der Waals surface area contributed by atoms with Gasteiger partial charge in [-0.2, -0.15) is 0 Å². The Morgan fingerprint density at radius 2 is 1.55 bits per heavy atom. The first-order chi connectivity index (χ1) is 4.62. The molecule has 0 amide bonds. The summed E-state index contributed by atoms with van der Waals surface area (Å²) in [7, 11) is 0. The average molecular weight is 197 g/mol. The van der Waals surface area contributed by atoms with Gasteiger partial charge in [-0.1, -0.05) is 13.8 Å². The van der Waals surface area contributed by atoms with Crippen molar-refractivity contribution < 1.29 is 5.11 Å². The summed E-state index contributed by atoms with van der Waals surface area (Å²) in [4.78, 5) is 0. The van der Waals surface area contributed by atoms with Gasteiger partial charge in [0.05, 0.1) is 5.60 Å². The normalized spacial score (nSPS) is 33.5. The lowest BCUT2D eigenvalue weighted by Gasteiger charge is -2.18. The van der Waals surface area contributed by atoms with Gasteiger partial charge in [-0.25, -0.2) is 0 Å². The van der Waals surface area contributed by atoms with Crippen LogP contribution in [0, 0.1) is 11.3 Å². The van der Waals surface area contributed by atoms with Gasteiger partial charge in [0.1, 0.15) is 4.33 Å². The molecule has 1 N–H and O–H groups in total. The van der Waals surface area contributed by atoms with Crippen LogP contribution in [0.25, 0.3) is 0 Å². The van der Waals surface area contributed by atoms with Crippen molar-refractivity contribution in [1.29, 1.82) is 0 Å². The fourth-order valence-corrected chi connectivity index (χ4v) is 3.17. The Hall–Kier alpha value is 0.540. The van der Waals surface area contributed by atoms with Crippen molar-refractivity contribution in [3.05, 3.63) is 0 Å². The Morgan fingerprint density at radius 1 is 1.27 bits per heavy atom. The molecule has 0 aromatic rings. The van der Waals surface area contributed by atoms with Crippen molar-refractivity contribution in [2.45, 2.75) is 37.6 Å². The number of alkyl halides is 2. The van der Waals surface area contributed by atoms with Crippen LogP contribution < -0.4 is 0 Å². The molecule has 3 heteroatoms. The van der Waals surface area contributed by atoms with E-state index < -0.39 is 9.93 Å². The van der Waals surface area contributed by atoms with E-state index in [0.717, 1.165) is 0 Å². The molecule has 0 spiro atoms. The predicted octanol–water partition coefficient (Wildman–Crippen LogP) is 2.59. The second-order valence-electron chi connectivity index (χ2n) is 4.43. The summed E-state index contributed by atoms with van der Waals surface area (Å²) in [5.41, 5.74) is -0.957. The molecule has 0 aromatic heterocycles. The molecule has 1 saturated carbocycles. The highest BCUT2D eigenvalue weighted by Crippen LogP contribution is 2.71. The summed E-state index contributed by atoms with van der Waals surface area (Å²) >= 11 is 12.0. The minimum Gasteiger partial charge on any atom is -0.390 e. The van der Waals surface area contributed by atoms with Crippen LogP contribution in [-0.4, -0.2) is 15.0 Å². The first kappa shape index (κ1) is 9.63. The van der Waals surface area contributed by atoms with E-state index in [1.165, 1.54) is 0 Å². The van der Waals surface area contributed by atoms with Crippen LogP contribution in [0.3, 0.4) is 0 Å². The second kappa shape index (κ2) is 2.07. The maximum atomic E-state index is 9.66. The van der Waals surface area contributed by atoms with Crippen molar-refractivity contribution >= 4 is 23.2 Å². The van der Waals surface area contributed by atoms with Gasteiger partial charge < -0.3 is 5.11 Å². The predicted molar refractivity (Wildman–Crippen MR) is 48.0 cm³/mol. The van der Waals surface area contributed by atoms with E-state index >= 15 is 0 Å². The molecule has 66 valence electrons. The van der Waals surface area contributed by atoms with E-state index in [1.54, 1.807) is 13.8 Å². The van der Waals surface area contributed by atoms with Crippen LogP contribution in [0.15, 0.2) is 0 Å². The summed E-state index contributed by atoms with van der Waals surface area (Å²) in [6.45, 7) is 7.42. The molecule has 0 aliphatic heterocycles. The Balaban J connectivity index is 2.84. The lowest BCUT2D eigenvalue weighted by atomic mass is 9.97. The molecule has 1 atom stereocenters. The number of hydrogen-bond acceptors (Lipinski definition) is 1. The third-order valence-electron chi connectivity index (χ3n) is 2.57. The lowest BCUT2D eigenvalue weighted by Crippen LogP contribution is -2.25. The van der Waals surface area contributed by atoms with Crippen molar-refractivity contribution in [3.8, 4) is 0 Å². The molecular weight excluding hydrogens is 183 g/mol. The van der Waals surface area contributed by atoms with Gasteiger partial charge in [0.25, 0.3) is 0 Å². The first-order valence-corrected chi connectivity index (χ1v) is 4.47. The summed E-state index contributed by atoms with van der Waals surface area (Å²) in [6.07, 6.45) is 0. The number of halogens is 2. The topological polar surface area (TPSA) is 20.2 Å². The standard InChI is InChI=1S/C8H14Cl2O/c1-6(2)5(7(3,4)11)8(6,9)10/h5,11H,1-4H3. The van der Waals surface area contributed by atoms with Crippen LogP contribution in [0.2, 0.25) is 0 Å². The number of rotatable bonds is 1. The summed E-state index contributed by atoms with van der Waals surface area (Å²) in [6, 6.07) is 0. The van der Waals surface area contributed by atoms with Crippen LogP contribution in [0.4, 0.5) is 0 Å². The summed E-state index contributed by atoms with van der Waals surface area (Å²) in [5.74, 6) is -0.0363. The van der Waals surface area contributed by atoms with Gasteiger partial charge in [-0.3, -0.25) is 0 Å². The van der Waals surface area contributed by atoms with Crippen LogP contribution >= 0.6 is 23.2 Å². The molecule has 1 aliphatic rings. The third-order valence-corrected chi connectivity index (χ3v) is 3.98. The van der Waals surface area contributed by atoms with E-state index in [1.807, 2.05) is 13.8 Å². The molecule has 1 aliphatic carbocycles. The molecule has 0 bridgehead atoms. The summed E-state index contributed by atoms with van der Waals surface area (Å²) in [5, 5.41) is 9.66. The number of hydrogen-bond donors (Lipinski definition) is 1. The molecule has 0 aromatic carbocycles. The van der Waals surface area contributed by atoms with Crippen molar-refractivity contribution in [2.75, 3.05) is 0 Å². The van der Waals surface area contributed by atoms with Gasteiger partial charge in [0, 0.05) is 11.3 Å². The monoisotopic (exact) mass is 196 g/mol. The highest BCUT2D eigenvalue weighted by atomic mass is 35.5. The van der Waals surface area contributed by atoms with E-state index in [4.69, 9.17) is 23.2 Å². The van der Waals surface area contributed by atoms with Crippen molar-refractivity contribution in [2.24, 2.45) is 11.3 Å². The number of aliphatic hydroxyl groups is 1. The van der Waals surface area contributed by atoms with E-state index in [0.29, 0.717) is 0 Å². The SMILES string of the molecule is CC(C)(O)C1C(C)(C)C1(Cl)Cl. The van der Waals surface area contributed by atoms with Crippen LogP contribution in [-0.2, 0) is 0 Å². The molecule has 11 heavy (non-hydrogen) atoms. The zero-order valence-electron chi connectivity index (χ0n) is 7.28. The highest BCUT2D eigenvalue weighted by Gasteiger charge is 2.74. The second-order valence-corrected chi connectivity index (χ2v) is 5.82. The Kier molecular flexibility index (Phi) is 1.81. The smallest absolute Gasteiger partial charge is 0.130 e. The van der Waals surface area contributed by atoms with E-state index in [9.17, 15) is 5.11 Å². The van der Waals surface area contributed by atoms with E-state index in [-0.39, 0.29) is 11.3 Å². The Labute approximate surface area is 77.7 Å². The van der Waals surface area contributed by atoms with E-state index in [2.05, 4.69) is 0 Å². The summed E-state index contributed by atoms with van der Waals surface area (Å²) < 4.78 is -0.759. The quantitative estimate of drug-likeness (QED) is 0.640. The lowest BCUT2D eigenvalue weighted by molar-refractivity contribution is 0.0439. The molecule has 0 heterocycles. The Bertz CT molecular complexity index is 165. The molecule has 1 unspecified atom stereocenters. The van der Waals surface area contributed by atoms with Gasteiger partial charge in [-0.05, 0) is 13.8 Å². The largest absolute Gasteiger partial charge is 0.390 e. The van der Waals surface area contributed by atoms with Crippen molar-refractivity contribution in [1.82, 2.24) is 0 Å². The molecule has 0 radical (unpaired) electrons. The zero-order chi connectivity index (χ0) is 9.08. The van der Waals surface area contributed by atoms with Gasteiger partial charge in [-0.15, -0.1) is 23.2 Å². The fraction of sp³-hybridized carbons (Fsp3) is 1.00. The molecular formula is C8H14Cl2O. The fourth-order valence-electron chi connectivity index (χ4n) is 1.98. The van der Waals surface area contributed by atoms with Crippen molar-refractivity contribution in [3.63, 3.8) is 0 Å². The average Bonchev–Trinajstić information content (AvgIpc) is 1.93. The van der Waals surface area contributed by atoms with Crippen LogP contribution in [0.5, 0.6) is 0 Å². The Morgan fingerprint density at radius 3 is 1.55 bits per heavy atom. The minimum absolute atomic E-state index is 0.0363. The zero-order valence-corrected chi connectivity index (χ0v) is 8.79. The maximum absolute atomic E-state index is 9.66. The van der Waals surface area contributed by atoms with Gasteiger partial charge in [0.15, 0.2) is 0 Å². The molecule has 1 rings (SSSR count). The maximum Gasteiger partial charge on any atom is 0.130 e. The van der Waals surface area contributed by atoms with Gasteiger partial charge in [0.2, 0.25) is 0 Å². The first-order valence-electron chi connectivity index (χ1n) is 3.72. The minimum atomic E-state index is -0.785. The molecule has 1 nitrogen and oxygen atoms in total.